The number of benzene rings is 1. The maximum Gasteiger partial charge on any atom is 0.340 e. The van der Waals surface area contributed by atoms with Gasteiger partial charge in [0, 0.05) is 24.6 Å². The molecule has 0 saturated heterocycles. The van der Waals surface area contributed by atoms with Gasteiger partial charge in [0.15, 0.2) is 0 Å². The van der Waals surface area contributed by atoms with Crippen molar-refractivity contribution in [3.05, 3.63) is 71.5 Å². The summed E-state index contributed by atoms with van der Waals surface area (Å²) in [6, 6.07) is 16.1. The van der Waals surface area contributed by atoms with E-state index in [4.69, 9.17) is 4.74 Å². The minimum Gasteiger partial charge on any atom is -0.465 e. The second-order valence-electron chi connectivity index (χ2n) is 5.69. The molecule has 3 aromatic rings. The number of hydrogen-bond donors (Lipinski definition) is 0. The van der Waals surface area contributed by atoms with Crippen LogP contribution in [-0.2, 0) is 11.3 Å². The van der Waals surface area contributed by atoms with Crippen LogP contribution < -0.4 is 4.90 Å². The Hall–Kier alpha value is -2.75. The Morgan fingerprint density at radius 1 is 1.17 bits per heavy atom. The summed E-state index contributed by atoms with van der Waals surface area (Å²) in [7, 11) is 3.46. The van der Waals surface area contributed by atoms with Crippen LogP contribution in [0.25, 0.3) is 5.52 Å². The number of carbonyl (C=O) groups excluding carboxylic acids is 1. The molecule has 0 amide bonds. The van der Waals surface area contributed by atoms with Gasteiger partial charge in [0.1, 0.15) is 0 Å². The third-order valence-electron chi connectivity index (χ3n) is 4.04. The Morgan fingerprint density at radius 3 is 2.61 bits per heavy atom. The van der Waals surface area contributed by atoms with Gasteiger partial charge in [-0.25, -0.2) is 4.79 Å². The molecule has 0 N–H and O–H groups in total. The van der Waals surface area contributed by atoms with Crippen LogP contribution in [0.4, 0.5) is 5.69 Å². The number of pyridine rings is 1. The third kappa shape index (κ3) is 2.93. The monoisotopic (exact) mass is 308 g/mol. The normalized spacial score (nSPS) is 10.7. The first kappa shape index (κ1) is 15.2. The van der Waals surface area contributed by atoms with Crippen molar-refractivity contribution < 1.29 is 9.53 Å². The number of nitrogens with zero attached hydrogens (tertiary/aromatic N) is 2. The highest BCUT2D eigenvalue weighted by atomic mass is 16.5. The van der Waals surface area contributed by atoms with Gasteiger partial charge in [0.2, 0.25) is 0 Å². The molecular formula is C19H20N2O2. The molecule has 0 spiro atoms. The molecule has 0 fully saturated rings. The summed E-state index contributed by atoms with van der Waals surface area (Å²) in [5.41, 5.74) is 4.89. The lowest BCUT2D eigenvalue weighted by atomic mass is 10.2. The predicted molar refractivity (Wildman–Crippen MR) is 92.0 cm³/mol. The van der Waals surface area contributed by atoms with Crippen LogP contribution in [0.5, 0.6) is 0 Å². The van der Waals surface area contributed by atoms with E-state index in [2.05, 4.69) is 36.1 Å². The zero-order valence-corrected chi connectivity index (χ0v) is 13.6. The Kier molecular flexibility index (Phi) is 4.06. The Labute approximate surface area is 135 Å². The number of methoxy groups -OCH3 is 1. The largest absolute Gasteiger partial charge is 0.465 e. The minimum atomic E-state index is -0.307. The quantitative estimate of drug-likeness (QED) is 0.690. The van der Waals surface area contributed by atoms with Crippen molar-refractivity contribution in [2.24, 2.45) is 0 Å². The van der Waals surface area contributed by atoms with Crippen LogP contribution in [0.15, 0.2) is 54.7 Å². The van der Waals surface area contributed by atoms with E-state index in [-0.39, 0.29) is 5.97 Å². The molecule has 0 saturated carbocycles. The standard InChI is InChI=1S/C19H20N2O2/c1-14-7-9-15(10-8-14)20(2)13-16-12-17(19(22)23-3)18-6-4-5-11-21(16)18/h4-12H,13H2,1-3H3. The number of hydrogen-bond acceptors (Lipinski definition) is 3. The molecule has 0 aliphatic carbocycles. The van der Waals surface area contributed by atoms with Gasteiger partial charge >= 0.3 is 5.97 Å². The van der Waals surface area contributed by atoms with Crippen molar-refractivity contribution in [1.29, 1.82) is 0 Å². The van der Waals surface area contributed by atoms with Crippen LogP contribution in [0.1, 0.15) is 21.6 Å². The molecule has 0 bridgehead atoms. The average molecular weight is 308 g/mol. The first-order valence-electron chi connectivity index (χ1n) is 7.55. The molecule has 0 unspecified atom stereocenters. The van der Waals surface area contributed by atoms with E-state index >= 15 is 0 Å². The summed E-state index contributed by atoms with van der Waals surface area (Å²) >= 11 is 0. The Bertz CT molecular complexity index is 834. The number of carbonyl (C=O) groups is 1. The van der Waals surface area contributed by atoms with E-state index < -0.39 is 0 Å². The van der Waals surface area contributed by atoms with E-state index in [0.29, 0.717) is 12.1 Å². The van der Waals surface area contributed by atoms with Gasteiger partial charge in [-0.3, -0.25) is 0 Å². The fourth-order valence-corrected chi connectivity index (χ4v) is 2.75. The number of aromatic nitrogens is 1. The summed E-state index contributed by atoms with van der Waals surface area (Å²) in [5.74, 6) is -0.307. The Morgan fingerprint density at radius 2 is 1.91 bits per heavy atom. The summed E-state index contributed by atoms with van der Waals surface area (Å²) < 4.78 is 6.93. The molecule has 4 nitrogen and oxygen atoms in total. The SMILES string of the molecule is COC(=O)c1cc(CN(C)c2ccc(C)cc2)n2ccccc12. The summed E-state index contributed by atoms with van der Waals surface area (Å²) in [6.45, 7) is 2.78. The van der Waals surface area contributed by atoms with Crippen molar-refractivity contribution in [2.45, 2.75) is 13.5 Å². The number of anilines is 1. The molecule has 2 heterocycles. The third-order valence-corrected chi connectivity index (χ3v) is 4.04. The van der Waals surface area contributed by atoms with Crippen molar-refractivity contribution >= 4 is 17.2 Å². The second kappa shape index (κ2) is 6.16. The molecule has 1 aromatic carbocycles. The van der Waals surface area contributed by atoms with Gasteiger partial charge in [-0.05, 0) is 37.3 Å². The van der Waals surface area contributed by atoms with E-state index in [1.165, 1.54) is 12.7 Å². The van der Waals surface area contributed by atoms with E-state index in [1.54, 1.807) is 0 Å². The van der Waals surface area contributed by atoms with Crippen molar-refractivity contribution in [3.63, 3.8) is 0 Å². The molecule has 4 heteroatoms. The molecule has 0 aliphatic rings. The van der Waals surface area contributed by atoms with Gasteiger partial charge in [0.25, 0.3) is 0 Å². The zero-order chi connectivity index (χ0) is 16.4. The van der Waals surface area contributed by atoms with Gasteiger partial charge in [-0.15, -0.1) is 0 Å². The fraction of sp³-hybridized carbons (Fsp3) is 0.211. The number of esters is 1. The van der Waals surface area contributed by atoms with E-state index in [9.17, 15) is 4.79 Å². The first-order valence-corrected chi connectivity index (χ1v) is 7.55. The molecule has 23 heavy (non-hydrogen) atoms. The summed E-state index contributed by atoms with van der Waals surface area (Å²) in [4.78, 5) is 14.1. The van der Waals surface area contributed by atoms with Gasteiger partial charge in [-0.2, -0.15) is 0 Å². The van der Waals surface area contributed by atoms with Crippen molar-refractivity contribution in [2.75, 3.05) is 19.1 Å². The van der Waals surface area contributed by atoms with Gasteiger partial charge < -0.3 is 14.0 Å². The highest BCUT2D eigenvalue weighted by Gasteiger charge is 2.16. The van der Waals surface area contributed by atoms with Crippen LogP contribution in [-0.4, -0.2) is 24.5 Å². The molecule has 2 aromatic heterocycles. The summed E-state index contributed by atoms with van der Waals surface area (Å²) in [5, 5.41) is 0. The molecule has 3 rings (SSSR count). The molecule has 0 radical (unpaired) electrons. The lowest BCUT2D eigenvalue weighted by Gasteiger charge is -2.19. The number of rotatable bonds is 4. The minimum absolute atomic E-state index is 0.307. The number of aryl methyl sites for hydroxylation is 1. The lowest BCUT2D eigenvalue weighted by molar-refractivity contribution is 0.0603. The predicted octanol–water partition coefficient (Wildman–Crippen LogP) is 3.67. The lowest BCUT2D eigenvalue weighted by Crippen LogP contribution is -2.17. The number of fused-ring (bicyclic) bond motifs is 1. The number of ether oxygens (including phenoxy) is 1. The first-order chi connectivity index (χ1) is 11.1. The molecular weight excluding hydrogens is 288 g/mol. The summed E-state index contributed by atoms with van der Waals surface area (Å²) in [6.07, 6.45) is 1.97. The van der Waals surface area contributed by atoms with Crippen LogP contribution in [0.2, 0.25) is 0 Å². The van der Waals surface area contributed by atoms with E-state index in [0.717, 1.165) is 16.9 Å². The Balaban J connectivity index is 1.96. The van der Waals surface area contributed by atoms with Crippen LogP contribution in [0, 0.1) is 6.92 Å². The van der Waals surface area contributed by atoms with Gasteiger partial charge in [-0.1, -0.05) is 23.8 Å². The second-order valence-corrected chi connectivity index (χ2v) is 5.69. The highest BCUT2D eigenvalue weighted by Crippen LogP contribution is 2.21. The molecule has 118 valence electrons. The smallest absolute Gasteiger partial charge is 0.340 e. The molecule has 0 atom stereocenters. The maximum absolute atomic E-state index is 12.0. The van der Waals surface area contributed by atoms with Gasteiger partial charge in [0.05, 0.1) is 24.7 Å². The highest BCUT2D eigenvalue weighted by molar-refractivity contribution is 5.97. The van der Waals surface area contributed by atoms with Crippen LogP contribution in [0.3, 0.4) is 0 Å². The van der Waals surface area contributed by atoms with Crippen molar-refractivity contribution in [3.8, 4) is 0 Å². The fourth-order valence-electron chi connectivity index (χ4n) is 2.75. The van der Waals surface area contributed by atoms with Crippen LogP contribution >= 0.6 is 0 Å². The maximum atomic E-state index is 12.0. The van der Waals surface area contributed by atoms with Crippen molar-refractivity contribution in [1.82, 2.24) is 4.40 Å². The average Bonchev–Trinajstić information content (AvgIpc) is 2.93. The topological polar surface area (TPSA) is 34.0 Å². The zero-order valence-electron chi connectivity index (χ0n) is 13.6. The van der Waals surface area contributed by atoms with E-state index in [1.807, 2.05) is 41.9 Å². The molecule has 0 aliphatic heterocycles.